The van der Waals surface area contributed by atoms with E-state index in [0.717, 1.165) is 0 Å². The molecule has 0 radical (unpaired) electrons. The summed E-state index contributed by atoms with van der Waals surface area (Å²) in [6.45, 7) is -0.191. The van der Waals surface area contributed by atoms with Crippen LogP contribution in [0.3, 0.4) is 0 Å². The number of halogens is 2. The van der Waals surface area contributed by atoms with E-state index in [1.54, 1.807) is 6.07 Å². The fourth-order valence-corrected chi connectivity index (χ4v) is 4.63. The molecule has 0 aliphatic carbocycles. The van der Waals surface area contributed by atoms with Crippen molar-refractivity contribution in [2.24, 2.45) is 0 Å². The molecule has 0 saturated carbocycles. The highest BCUT2D eigenvalue weighted by Crippen LogP contribution is 2.40. The maximum atomic E-state index is 15.1. The molecule has 0 saturated heterocycles. The van der Waals surface area contributed by atoms with E-state index < -0.39 is 23.2 Å². The number of carboxylic acids is 1. The summed E-state index contributed by atoms with van der Waals surface area (Å²) in [6, 6.07) is 9.51. The number of hydrogen-bond donors (Lipinski definition) is 3. The number of carboxylic acid groups (broad SMARTS) is 1. The quantitative estimate of drug-likeness (QED) is 0.337. The fraction of sp³-hybridized carbons (Fsp3) is 0.0400. The first-order valence-corrected chi connectivity index (χ1v) is 10.7. The van der Waals surface area contributed by atoms with Gasteiger partial charge in [0, 0.05) is 23.2 Å². The first-order chi connectivity index (χ1) is 17.3. The van der Waals surface area contributed by atoms with Gasteiger partial charge in [0.1, 0.15) is 22.9 Å². The summed E-state index contributed by atoms with van der Waals surface area (Å²) < 4.78 is 35.8. The summed E-state index contributed by atoms with van der Waals surface area (Å²) in [7, 11) is 0. The van der Waals surface area contributed by atoms with Crippen LogP contribution in [0.1, 0.15) is 16.2 Å². The van der Waals surface area contributed by atoms with Crippen LogP contribution in [0.4, 0.5) is 14.7 Å². The van der Waals surface area contributed by atoms with E-state index >= 15 is 4.39 Å². The number of hydrogen-bond acceptors (Lipinski definition) is 6. The Morgan fingerprint density at radius 3 is 2.75 bits per heavy atom. The summed E-state index contributed by atoms with van der Waals surface area (Å²) >= 11 is 0. The van der Waals surface area contributed by atoms with E-state index in [9.17, 15) is 19.1 Å². The third kappa shape index (κ3) is 3.13. The average Bonchev–Trinajstić information content (AvgIpc) is 3.43. The van der Waals surface area contributed by atoms with Crippen molar-refractivity contribution in [3.8, 4) is 11.1 Å². The Kier molecular flexibility index (Phi) is 4.61. The Hall–Kier alpha value is -5.06. The molecule has 0 spiro atoms. The number of aromatic amines is 1. The van der Waals surface area contributed by atoms with Gasteiger partial charge in [-0.15, -0.1) is 0 Å². The first kappa shape index (κ1) is 21.5. The number of fused-ring (bicyclic) bond motifs is 4. The van der Waals surface area contributed by atoms with Crippen molar-refractivity contribution < 1.29 is 23.1 Å². The minimum absolute atomic E-state index is 0.0664. The van der Waals surface area contributed by atoms with E-state index in [-0.39, 0.29) is 62.4 Å². The van der Waals surface area contributed by atoms with E-state index in [2.05, 4.69) is 15.0 Å². The number of nitrogens with one attached hydrogen (secondary N) is 1. The Bertz CT molecular complexity index is 1920. The third-order valence-corrected chi connectivity index (χ3v) is 6.07. The molecule has 2 aromatic carbocycles. The van der Waals surface area contributed by atoms with Crippen molar-refractivity contribution in [2.75, 3.05) is 5.73 Å². The maximum Gasteiger partial charge on any atom is 0.353 e. The van der Waals surface area contributed by atoms with Crippen molar-refractivity contribution in [3.05, 3.63) is 88.3 Å². The van der Waals surface area contributed by atoms with Crippen LogP contribution in [0, 0.1) is 11.6 Å². The van der Waals surface area contributed by atoms with Crippen LogP contribution in [-0.2, 0) is 6.54 Å². The van der Waals surface area contributed by atoms with Crippen LogP contribution in [0.5, 0.6) is 0 Å². The van der Waals surface area contributed by atoms with Gasteiger partial charge in [-0.3, -0.25) is 4.79 Å². The normalized spacial score (nSPS) is 11.6. The number of nitrogen functional groups attached to an aromatic ring is 1. The van der Waals surface area contributed by atoms with E-state index in [1.165, 1.54) is 53.4 Å². The van der Waals surface area contributed by atoms with Crippen LogP contribution in [-0.4, -0.2) is 30.6 Å². The molecule has 6 rings (SSSR count). The average molecular weight is 487 g/mol. The number of nitrogens with zero attached hydrogens (tertiary/aromatic N) is 3. The molecular formula is C25H15F2N5O4. The number of furan rings is 1. The molecule has 6 aromatic rings. The molecular weight excluding hydrogens is 472 g/mol. The number of aromatic nitrogens is 4. The van der Waals surface area contributed by atoms with Gasteiger partial charge in [-0.25, -0.2) is 23.5 Å². The number of anilines is 1. The van der Waals surface area contributed by atoms with Crippen molar-refractivity contribution in [3.63, 3.8) is 0 Å². The van der Waals surface area contributed by atoms with E-state index in [0.29, 0.717) is 5.39 Å². The van der Waals surface area contributed by atoms with Crippen molar-refractivity contribution in [1.29, 1.82) is 0 Å². The van der Waals surface area contributed by atoms with Crippen molar-refractivity contribution in [1.82, 2.24) is 19.5 Å². The Balaban J connectivity index is 1.76. The summed E-state index contributed by atoms with van der Waals surface area (Å²) in [5.74, 6) is -2.67. The summed E-state index contributed by atoms with van der Waals surface area (Å²) in [4.78, 5) is 36.3. The van der Waals surface area contributed by atoms with Gasteiger partial charge in [0.25, 0.3) is 5.56 Å². The number of H-pyrrole nitrogens is 1. The topological polar surface area (TPSA) is 140 Å². The molecule has 0 aliphatic rings. The van der Waals surface area contributed by atoms with Gasteiger partial charge in [-0.05, 0) is 36.4 Å². The zero-order valence-corrected chi connectivity index (χ0v) is 18.3. The lowest BCUT2D eigenvalue weighted by Gasteiger charge is -2.12. The monoisotopic (exact) mass is 487 g/mol. The highest BCUT2D eigenvalue weighted by Gasteiger charge is 2.29. The number of carbonyl (C=O) groups is 1. The van der Waals surface area contributed by atoms with Gasteiger partial charge >= 0.3 is 5.97 Å². The number of benzene rings is 2. The molecule has 4 aromatic heterocycles. The lowest BCUT2D eigenvalue weighted by atomic mass is 10.0. The summed E-state index contributed by atoms with van der Waals surface area (Å²) in [5, 5.41) is 11.1. The lowest BCUT2D eigenvalue weighted by molar-refractivity contribution is 0.0687. The van der Waals surface area contributed by atoms with Gasteiger partial charge in [0.2, 0.25) is 5.95 Å². The van der Waals surface area contributed by atoms with Crippen LogP contribution < -0.4 is 11.3 Å². The van der Waals surface area contributed by atoms with E-state index in [4.69, 9.17) is 10.2 Å². The molecule has 4 heterocycles. The number of pyridine rings is 1. The van der Waals surface area contributed by atoms with Gasteiger partial charge < -0.3 is 24.8 Å². The SMILES string of the molecule is Nc1nc(Cn2c(C(=O)O)c(-c3ccc[nH]c3=O)c3c4occc4c(F)cc32)c2ccc(F)cc2n1. The predicted octanol–water partition coefficient (Wildman–Crippen LogP) is 4.29. The molecule has 4 N–H and O–H groups in total. The van der Waals surface area contributed by atoms with Crippen molar-refractivity contribution >= 4 is 44.7 Å². The Morgan fingerprint density at radius 1 is 1.14 bits per heavy atom. The largest absolute Gasteiger partial charge is 0.477 e. The second-order valence-corrected chi connectivity index (χ2v) is 8.13. The highest BCUT2D eigenvalue weighted by molar-refractivity contribution is 6.17. The van der Waals surface area contributed by atoms with Gasteiger partial charge in [0.05, 0.1) is 45.9 Å². The van der Waals surface area contributed by atoms with Crippen LogP contribution in [0.25, 0.3) is 43.9 Å². The maximum absolute atomic E-state index is 15.1. The summed E-state index contributed by atoms with van der Waals surface area (Å²) in [6.07, 6.45) is 2.71. The summed E-state index contributed by atoms with van der Waals surface area (Å²) in [5.41, 5.74) is 5.94. The zero-order valence-electron chi connectivity index (χ0n) is 18.3. The molecule has 0 bridgehead atoms. The van der Waals surface area contributed by atoms with Gasteiger partial charge in [0.15, 0.2) is 0 Å². The molecule has 0 fully saturated rings. The lowest BCUT2D eigenvalue weighted by Crippen LogP contribution is -2.14. The minimum Gasteiger partial charge on any atom is -0.477 e. The molecule has 36 heavy (non-hydrogen) atoms. The van der Waals surface area contributed by atoms with Crippen LogP contribution >= 0.6 is 0 Å². The molecule has 11 heteroatoms. The number of aromatic carboxylic acids is 1. The predicted molar refractivity (Wildman–Crippen MR) is 128 cm³/mol. The molecule has 178 valence electrons. The second kappa shape index (κ2) is 7.73. The zero-order chi connectivity index (χ0) is 25.1. The molecule has 0 unspecified atom stereocenters. The second-order valence-electron chi connectivity index (χ2n) is 8.13. The molecule has 0 amide bonds. The van der Waals surface area contributed by atoms with Crippen LogP contribution in [0.2, 0.25) is 0 Å². The molecule has 0 atom stereocenters. The standard InChI is InChI=1S/C25H15F2N5O4/c26-11-3-4-13-16(8-11)30-25(28)31-17(13)10-32-18-9-15(27)12-5-7-36-22(12)20(18)19(21(32)24(34)35)14-2-1-6-29-23(14)33/h1-9H,10H2,(H,29,33)(H,34,35)(H2,28,30,31). The number of rotatable bonds is 4. The Morgan fingerprint density at radius 2 is 1.97 bits per heavy atom. The smallest absolute Gasteiger partial charge is 0.353 e. The minimum atomic E-state index is -1.36. The van der Waals surface area contributed by atoms with Crippen molar-refractivity contribution in [2.45, 2.75) is 6.54 Å². The molecule has 0 aliphatic heterocycles. The first-order valence-electron chi connectivity index (χ1n) is 10.7. The van der Waals surface area contributed by atoms with Gasteiger partial charge in [-0.2, -0.15) is 0 Å². The van der Waals surface area contributed by atoms with Gasteiger partial charge in [-0.1, -0.05) is 0 Å². The van der Waals surface area contributed by atoms with E-state index in [1.807, 2.05) is 0 Å². The Labute approximate surface area is 199 Å². The molecule has 9 nitrogen and oxygen atoms in total. The third-order valence-electron chi connectivity index (χ3n) is 6.07. The number of nitrogens with two attached hydrogens (primary N) is 1. The fourth-order valence-electron chi connectivity index (χ4n) is 4.63. The van der Waals surface area contributed by atoms with Crippen LogP contribution in [0.15, 0.2) is 64.1 Å². The highest BCUT2D eigenvalue weighted by atomic mass is 19.1.